The number of rotatable bonds is 8. The van der Waals surface area contributed by atoms with Crippen molar-refractivity contribution in [2.24, 2.45) is 5.92 Å². The van der Waals surface area contributed by atoms with Gasteiger partial charge in [0.05, 0.1) is 25.5 Å². The smallest absolute Gasteiger partial charge is 0.255 e. The topological polar surface area (TPSA) is 80.6 Å². The van der Waals surface area contributed by atoms with Gasteiger partial charge in [0, 0.05) is 0 Å². The molecule has 0 aliphatic rings. The van der Waals surface area contributed by atoms with E-state index in [2.05, 4.69) is 10.6 Å². The molecule has 6 nitrogen and oxygen atoms in total. The summed E-state index contributed by atoms with van der Waals surface area (Å²) in [5, 5.41) is 5.60. The molecule has 2 amide bonds. The number of hydrogen-bond donors (Lipinski definition) is 2. The second-order valence-electron chi connectivity index (χ2n) is 6.15. The number of benzene rings is 1. The normalized spacial score (nSPS) is 11.8. The average molecular weight is 344 g/mol. The first-order chi connectivity index (χ1) is 12.0. The van der Waals surface area contributed by atoms with E-state index in [1.165, 1.54) is 7.11 Å². The van der Waals surface area contributed by atoms with Crippen molar-refractivity contribution in [1.82, 2.24) is 10.6 Å². The van der Waals surface area contributed by atoms with Crippen LogP contribution in [0, 0.1) is 5.92 Å². The number of nitrogens with one attached hydrogen (secondary N) is 2. The van der Waals surface area contributed by atoms with E-state index in [4.69, 9.17) is 9.15 Å². The average Bonchev–Trinajstić information content (AvgIpc) is 3.12. The first kappa shape index (κ1) is 18.6. The molecule has 134 valence electrons. The van der Waals surface area contributed by atoms with Crippen LogP contribution in [0.3, 0.4) is 0 Å². The van der Waals surface area contributed by atoms with E-state index in [0.717, 1.165) is 0 Å². The van der Waals surface area contributed by atoms with Crippen LogP contribution < -0.4 is 15.4 Å². The molecule has 0 radical (unpaired) electrons. The van der Waals surface area contributed by atoms with Crippen LogP contribution in [0.25, 0.3) is 0 Å². The number of ether oxygens (including phenoxy) is 1. The van der Waals surface area contributed by atoms with Crippen molar-refractivity contribution in [2.75, 3.05) is 7.11 Å². The van der Waals surface area contributed by atoms with Crippen LogP contribution in [0.15, 0.2) is 47.1 Å². The van der Waals surface area contributed by atoms with Crippen LogP contribution in [0.4, 0.5) is 0 Å². The number of para-hydroxylation sites is 1. The highest BCUT2D eigenvalue weighted by Gasteiger charge is 2.23. The summed E-state index contributed by atoms with van der Waals surface area (Å²) in [6.07, 6.45) is 2.08. The van der Waals surface area contributed by atoms with Crippen LogP contribution in [0.2, 0.25) is 0 Å². The lowest BCUT2D eigenvalue weighted by Gasteiger charge is -2.20. The molecule has 0 saturated heterocycles. The summed E-state index contributed by atoms with van der Waals surface area (Å²) < 4.78 is 10.4. The third kappa shape index (κ3) is 5.38. The lowest BCUT2D eigenvalue weighted by Crippen LogP contribution is -2.47. The Balaban J connectivity index is 2.05. The Morgan fingerprint density at radius 1 is 1.16 bits per heavy atom. The van der Waals surface area contributed by atoms with E-state index in [1.54, 1.807) is 42.7 Å². The van der Waals surface area contributed by atoms with Gasteiger partial charge < -0.3 is 19.8 Å². The summed E-state index contributed by atoms with van der Waals surface area (Å²) in [5.41, 5.74) is 0.401. The van der Waals surface area contributed by atoms with Crippen molar-refractivity contribution in [3.8, 4) is 5.75 Å². The van der Waals surface area contributed by atoms with Crippen molar-refractivity contribution in [3.63, 3.8) is 0 Å². The number of carbonyl (C=O) groups excluding carboxylic acids is 2. The van der Waals surface area contributed by atoms with Gasteiger partial charge in [-0.3, -0.25) is 9.59 Å². The molecule has 0 saturated carbocycles. The van der Waals surface area contributed by atoms with Gasteiger partial charge in [-0.1, -0.05) is 26.0 Å². The summed E-state index contributed by atoms with van der Waals surface area (Å²) >= 11 is 0. The third-order valence-corrected chi connectivity index (χ3v) is 3.70. The predicted octanol–water partition coefficient (Wildman–Crippen LogP) is 2.75. The fourth-order valence-electron chi connectivity index (χ4n) is 2.48. The molecule has 0 unspecified atom stereocenters. The molecule has 2 rings (SSSR count). The zero-order valence-electron chi connectivity index (χ0n) is 14.7. The van der Waals surface area contributed by atoms with E-state index in [0.29, 0.717) is 23.5 Å². The third-order valence-electron chi connectivity index (χ3n) is 3.70. The molecule has 1 atom stereocenters. The summed E-state index contributed by atoms with van der Waals surface area (Å²) in [6.45, 7) is 4.29. The molecule has 6 heteroatoms. The van der Waals surface area contributed by atoms with Gasteiger partial charge in [0.15, 0.2) is 0 Å². The van der Waals surface area contributed by atoms with Crippen molar-refractivity contribution >= 4 is 11.8 Å². The van der Waals surface area contributed by atoms with Gasteiger partial charge in [-0.15, -0.1) is 0 Å². The highest BCUT2D eigenvalue weighted by Crippen LogP contribution is 2.17. The number of carbonyl (C=O) groups is 2. The van der Waals surface area contributed by atoms with Gasteiger partial charge in [-0.05, 0) is 36.6 Å². The highest BCUT2D eigenvalue weighted by molar-refractivity contribution is 5.99. The van der Waals surface area contributed by atoms with Gasteiger partial charge in [-0.25, -0.2) is 0 Å². The van der Waals surface area contributed by atoms with Crippen molar-refractivity contribution in [1.29, 1.82) is 0 Å². The van der Waals surface area contributed by atoms with Gasteiger partial charge in [0.25, 0.3) is 5.91 Å². The lowest BCUT2D eigenvalue weighted by atomic mass is 10.0. The SMILES string of the molecule is COc1ccccc1C(=O)N[C@H](CC(C)C)C(=O)NCc1ccco1. The Morgan fingerprint density at radius 2 is 1.92 bits per heavy atom. The second-order valence-corrected chi connectivity index (χ2v) is 6.15. The van der Waals surface area contributed by atoms with Crippen LogP contribution in [-0.4, -0.2) is 25.0 Å². The fraction of sp³-hybridized carbons (Fsp3) is 0.368. The molecule has 25 heavy (non-hydrogen) atoms. The standard InChI is InChI=1S/C19H24N2O4/c1-13(2)11-16(19(23)20-12-14-7-6-10-25-14)21-18(22)15-8-4-5-9-17(15)24-3/h4-10,13,16H,11-12H2,1-3H3,(H,20,23)(H,21,22)/t16-/m1/s1. The monoisotopic (exact) mass is 344 g/mol. The Hall–Kier alpha value is -2.76. The van der Waals surface area contributed by atoms with Crippen LogP contribution in [0.5, 0.6) is 5.75 Å². The molecule has 2 aromatic rings. The van der Waals surface area contributed by atoms with Gasteiger partial charge in [-0.2, -0.15) is 0 Å². The molecule has 2 N–H and O–H groups in total. The zero-order valence-corrected chi connectivity index (χ0v) is 14.7. The maximum atomic E-state index is 12.6. The van der Waals surface area contributed by atoms with E-state index >= 15 is 0 Å². The van der Waals surface area contributed by atoms with E-state index < -0.39 is 6.04 Å². The van der Waals surface area contributed by atoms with E-state index in [-0.39, 0.29) is 24.3 Å². The Labute approximate surface area is 147 Å². The Bertz CT molecular complexity index is 695. The summed E-state index contributed by atoms with van der Waals surface area (Å²) in [4.78, 5) is 25.1. The molecular formula is C19H24N2O4. The first-order valence-electron chi connectivity index (χ1n) is 8.25. The van der Waals surface area contributed by atoms with Gasteiger partial charge >= 0.3 is 0 Å². The number of hydrogen-bond acceptors (Lipinski definition) is 4. The molecule has 1 aromatic heterocycles. The van der Waals surface area contributed by atoms with Gasteiger partial charge in [0.1, 0.15) is 17.6 Å². The molecule has 0 aliphatic carbocycles. The fourth-order valence-corrected chi connectivity index (χ4v) is 2.48. The minimum atomic E-state index is -0.632. The maximum Gasteiger partial charge on any atom is 0.255 e. The minimum Gasteiger partial charge on any atom is -0.496 e. The molecule has 1 aromatic carbocycles. The van der Waals surface area contributed by atoms with Crippen molar-refractivity contribution in [3.05, 3.63) is 54.0 Å². The van der Waals surface area contributed by atoms with E-state index in [9.17, 15) is 9.59 Å². The largest absolute Gasteiger partial charge is 0.496 e. The molecule has 0 spiro atoms. The lowest BCUT2D eigenvalue weighted by molar-refractivity contribution is -0.123. The highest BCUT2D eigenvalue weighted by atomic mass is 16.5. The molecular weight excluding hydrogens is 320 g/mol. The van der Waals surface area contributed by atoms with Crippen molar-refractivity contribution in [2.45, 2.75) is 32.9 Å². The van der Waals surface area contributed by atoms with Gasteiger partial charge in [0.2, 0.25) is 5.91 Å². The molecule has 0 bridgehead atoms. The van der Waals surface area contributed by atoms with Crippen LogP contribution in [-0.2, 0) is 11.3 Å². The second kappa shape index (κ2) is 8.92. The van der Waals surface area contributed by atoms with Crippen molar-refractivity contribution < 1.29 is 18.7 Å². The minimum absolute atomic E-state index is 0.242. The van der Waals surface area contributed by atoms with Crippen LogP contribution >= 0.6 is 0 Å². The van der Waals surface area contributed by atoms with E-state index in [1.807, 2.05) is 13.8 Å². The number of methoxy groups -OCH3 is 1. The quantitative estimate of drug-likeness (QED) is 0.772. The molecule has 1 heterocycles. The number of amides is 2. The number of furan rings is 1. The summed E-state index contributed by atoms with van der Waals surface area (Å²) in [7, 11) is 1.51. The summed E-state index contributed by atoms with van der Waals surface area (Å²) in [6, 6.07) is 9.84. The first-order valence-corrected chi connectivity index (χ1v) is 8.25. The Morgan fingerprint density at radius 3 is 2.56 bits per heavy atom. The molecule has 0 fully saturated rings. The Kier molecular flexibility index (Phi) is 6.62. The predicted molar refractivity (Wildman–Crippen MR) is 94.3 cm³/mol. The van der Waals surface area contributed by atoms with Crippen LogP contribution in [0.1, 0.15) is 36.4 Å². The zero-order chi connectivity index (χ0) is 18.2. The maximum absolute atomic E-state index is 12.6. The summed E-state index contributed by atoms with van der Waals surface area (Å²) in [5.74, 6) is 0.800. The molecule has 0 aliphatic heterocycles.